The summed E-state index contributed by atoms with van der Waals surface area (Å²) in [6, 6.07) is 17.2. The maximum absolute atomic E-state index is 12.8. The maximum atomic E-state index is 12.8. The van der Waals surface area contributed by atoms with Crippen molar-refractivity contribution >= 4 is 6.03 Å². The number of hydrogen-bond acceptors (Lipinski definition) is 3. The Morgan fingerprint density at radius 1 is 1.04 bits per heavy atom. The number of pyridine rings is 1. The molecule has 0 spiro atoms. The molecular weight excluding hydrogens is 336 g/mol. The largest absolute Gasteiger partial charge is 0.335 e. The number of benzene rings is 1. The Hall–Kier alpha value is -2.40. The van der Waals surface area contributed by atoms with Gasteiger partial charge in [0.25, 0.3) is 0 Å². The topological polar surface area (TPSA) is 48.5 Å². The van der Waals surface area contributed by atoms with E-state index in [-0.39, 0.29) is 12.1 Å². The van der Waals surface area contributed by atoms with Gasteiger partial charge < -0.3 is 10.2 Å². The maximum Gasteiger partial charge on any atom is 0.318 e. The average molecular weight is 364 g/mol. The molecule has 0 bridgehead atoms. The SMILES string of the molecule is O=C(NC1CCN(Cc2ccccc2)CC1)N(Cc1ccccn1)C1CC1. The van der Waals surface area contributed by atoms with E-state index in [2.05, 4.69) is 45.5 Å². The first-order chi connectivity index (χ1) is 13.3. The molecule has 2 heterocycles. The van der Waals surface area contributed by atoms with Crippen molar-refractivity contribution in [1.82, 2.24) is 20.1 Å². The van der Waals surface area contributed by atoms with Gasteiger partial charge in [-0.1, -0.05) is 36.4 Å². The van der Waals surface area contributed by atoms with Crippen molar-refractivity contribution in [3.8, 4) is 0 Å². The van der Waals surface area contributed by atoms with Gasteiger partial charge in [-0.05, 0) is 43.4 Å². The smallest absolute Gasteiger partial charge is 0.318 e. The molecular formula is C22H28N4O. The van der Waals surface area contributed by atoms with E-state index < -0.39 is 0 Å². The van der Waals surface area contributed by atoms with Gasteiger partial charge in [0.2, 0.25) is 0 Å². The fourth-order valence-corrected chi connectivity index (χ4v) is 3.75. The summed E-state index contributed by atoms with van der Waals surface area (Å²) in [5.41, 5.74) is 2.31. The van der Waals surface area contributed by atoms with E-state index in [4.69, 9.17) is 0 Å². The van der Waals surface area contributed by atoms with E-state index in [1.807, 2.05) is 23.1 Å². The van der Waals surface area contributed by atoms with Gasteiger partial charge in [0.05, 0.1) is 12.2 Å². The van der Waals surface area contributed by atoms with Crippen LogP contribution in [0.3, 0.4) is 0 Å². The first kappa shape index (κ1) is 18.0. The minimum atomic E-state index is 0.0738. The number of carbonyl (C=O) groups excluding carboxylic acids is 1. The second kappa shape index (κ2) is 8.53. The van der Waals surface area contributed by atoms with Crippen molar-refractivity contribution in [3.05, 3.63) is 66.0 Å². The van der Waals surface area contributed by atoms with Crippen LogP contribution in [0.1, 0.15) is 36.9 Å². The molecule has 5 nitrogen and oxygen atoms in total. The molecule has 1 N–H and O–H groups in total. The molecule has 4 rings (SSSR count). The van der Waals surface area contributed by atoms with Crippen LogP contribution in [-0.2, 0) is 13.1 Å². The van der Waals surface area contributed by atoms with Gasteiger partial charge >= 0.3 is 6.03 Å². The zero-order chi connectivity index (χ0) is 18.5. The van der Waals surface area contributed by atoms with Gasteiger partial charge in [-0.2, -0.15) is 0 Å². The Balaban J connectivity index is 1.27. The van der Waals surface area contributed by atoms with Gasteiger partial charge in [0.15, 0.2) is 0 Å². The molecule has 0 atom stereocenters. The van der Waals surface area contributed by atoms with Crippen LogP contribution < -0.4 is 5.32 Å². The van der Waals surface area contributed by atoms with E-state index in [1.54, 1.807) is 6.20 Å². The number of piperidine rings is 1. The van der Waals surface area contributed by atoms with Crippen molar-refractivity contribution in [3.63, 3.8) is 0 Å². The molecule has 1 aliphatic carbocycles. The summed E-state index contributed by atoms with van der Waals surface area (Å²) < 4.78 is 0. The molecule has 142 valence electrons. The molecule has 2 fully saturated rings. The third kappa shape index (κ3) is 5.07. The van der Waals surface area contributed by atoms with Crippen molar-refractivity contribution in [2.24, 2.45) is 0 Å². The monoisotopic (exact) mass is 364 g/mol. The summed E-state index contributed by atoms with van der Waals surface area (Å²) in [4.78, 5) is 21.7. The van der Waals surface area contributed by atoms with E-state index in [1.165, 1.54) is 5.56 Å². The summed E-state index contributed by atoms with van der Waals surface area (Å²) >= 11 is 0. The number of likely N-dealkylation sites (tertiary alicyclic amines) is 1. The molecule has 0 unspecified atom stereocenters. The van der Waals surface area contributed by atoms with Crippen LogP contribution >= 0.6 is 0 Å². The van der Waals surface area contributed by atoms with Crippen LogP contribution in [0.2, 0.25) is 0 Å². The summed E-state index contributed by atoms with van der Waals surface area (Å²) in [5, 5.41) is 3.28. The van der Waals surface area contributed by atoms with Gasteiger partial charge in [-0.15, -0.1) is 0 Å². The van der Waals surface area contributed by atoms with Crippen LogP contribution in [0.4, 0.5) is 4.79 Å². The zero-order valence-corrected chi connectivity index (χ0v) is 15.8. The summed E-state index contributed by atoms with van der Waals surface area (Å²) in [6.07, 6.45) is 6.04. The predicted octanol–water partition coefficient (Wildman–Crippen LogP) is 3.42. The van der Waals surface area contributed by atoms with E-state index in [0.29, 0.717) is 12.6 Å². The molecule has 1 saturated heterocycles. The van der Waals surface area contributed by atoms with Crippen LogP contribution in [0.15, 0.2) is 54.7 Å². The molecule has 0 radical (unpaired) electrons. The number of rotatable bonds is 6. The standard InChI is InChI=1S/C22H28N4O/c27-22(26(21-9-10-21)17-20-8-4-5-13-23-20)24-19-11-14-25(15-12-19)16-18-6-2-1-3-7-18/h1-8,13,19,21H,9-12,14-17H2,(H,24,27). The lowest BCUT2D eigenvalue weighted by molar-refractivity contribution is 0.165. The highest BCUT2D eigenvalue weighted by Gasteiger charge is 2.34. The second-order valence-corrected chi connectivity index (χ2v) is 7.67. The average Bonchev–Trinajstić information content (AvgIpc) is 3.54. The summed E-state index contributed by atoms with van der Waals surface area (Å²) in [5.74, 6) is 0. The number of nitrogens with one attached hydrogen (secondary N) is 1. The lowest BCUT2D eigenvalue weighted by Gasteiger charge is -2.34. The van der Waals surface area contributed by atoms with Crippen molar-refractivity contribution in [2.45, 2.75) is 50.9 Å². The van der Waals surface area contributed by atoms with E-state index >= 15 is 0 Å². The van der Waals surface area contributed by atoms with Crippen molar-refractivity contribution in [2.75, 3.05) is 13.1 Å². The normalized spacial score (nSPS) is 18.2. The Labute approximate surface area is 161 Å². The molecule has 2 aliphatic rings. The molecule has 1 aromatic carbocycles. The van der Waals surface area contributed by atoms with Crippen LogP contribution in [0, 0.1) is 0 Å². The zero-order valence-electron chi connectivity index (χ0n) is 15.8. The number of aromatic nitrogens is 1. The molecule has 5 heteroatoms. The quantitative estimate of drug-likeness (QED) is 0.854. The first-order valence-corrected chi connectivity index (χ1v) is 10.0. The van der Waals surface area contributed by atoms with Crippen LogP contribution in [-0.4, -0.2) is 46.0 Å². The Morgan fingerprint density at radius 3 is 2.44 bits per heavy atom. The Bertz CT molecular complexity index is 724. The fraction of sp³-hybridized carbons (Fsp3) is 0.455. The van der Waals surface area contributed by atoms with Crippen LogP contribution in [0.25, 0.3) is 0 Å². The second-order valence-electron chi connectivity index (χ2n) is 7.67. The molecule has 1 aromatic heterocycles. The van der Waals surface area contributed by atoms with Crippen molar-refractivity contribution in [1.29, 1.82) is 0 Å². The van der Waals surface area contributed by atoms with E-state index in [0.717, 1.165) is 51.0 Å². The number of amides is 2. The number of nitrogens with zero attached hydrogens (tertiary/aromatic N) is 3. The van der Waals surface area contributed by atoms with Gasteiger partial charge in [-0.3, -0.25) is 9.88 Å². The number of urea groups is 1. The highest BCUT2D eigenvalue weighted by atomic mass is 16.2. The number of carbonyl (C=O) groups is 1. The molecule has 2 aromatic rings. The Morgan fingerprint density at radius 2 is 1.78 bits per heavy atom. The Kier molecular flexibility index (Phi) is 5.68. The van der Waals surface area contributed by atoms with Crippen molar-refractivity contribution < 1.29 is 4.79 Å². The molecule has 2 amide bonds. The summed E-state index contributed by atoms with van der Waals surface area (Å²) in [6.45, 7) is 3.66. The lowest BCUT2D eigenvalue weighted by Crippen LogP contribution is -2.49. The highest BCUT2D eigenvalue weighted by molar-refractivity contribution is 5.75. The third-order valence-electron chi connectivity index (χ3n) is 5.47. The number of hydrogen-bond donors (Lipinski definition) is 1. The van der Waals surface area contributed by atoms with Gasteiger partial charge in [0.1, 0.15) is 0 Å². The van der Waals surface area contributed by atoms with Gasteiger partial charge in [-0.25, -0.2) is 4.79 Å². The summed E-state index contributed by atoms with van der Waals surface area (Å²) in [7, 11) is 0. The third-order valence-corrected chi connectivity index (χ3v) is 5.47. The lowest BCUT2D eigenvalue weighted by atomic mass is 10.0. The minimum Gasteiger partial charge on any atom is -0.335 e. The van der Waals surface area contributed by atoms with E-state index in [9.17, 15) is 4.79 Å². The predicted molar refractivity (Wildman–Crippen MR) is 106 cm³/mol. The fourth-order valence-electron chi connectivity index (χ4n) is 3.75. The van der Waals surface area contributed by atoms with Crippen LogP contribution in [0.5, 0.6) is 0 Å². The molecule has 1 saturated carbocycles. The van der Waals surface area contributed by atoms with Gasteiger partial charge in [0, 0.05) is 37.9 Å². The molecule has 27 heavy (non-hydrogen) atoms. The first-order valence-electron chi connectivity index (χ1n) is 10.0. The molecule has 1 aliphatic heterocycles. The minimum absolute atomic E-state index is 0.0738. The highest BCUT2D eigenvalue weighted by Crippen LogP contribution is 2.28.